The van der Waals surface area contributed by atoms with Crippen molar-refractivity contribution in [1.82, 2.24) is 15.6 Å². The third-order valence-electron chi connectivity index (χ3n) is 4.77. The fraction of sp³-hybridized carbons (Fsp3) is 0.647. The lowest BCUT2D eigenvalue weighted by Gasteiger charge is -2.35. The van der Waals surface area contributed by atoms with Crippen molar-refractivity contribution in [1.29, 1.82) is 0 Å². The smallest absolute Gasteiger partial charge is 0.248 e. The van der Waals surface area contributed by atoms with Crippen LogP contribution in [0.1, 0.15) is 31.2 Å². The number of pyridine rings is 1. The number of halogens is 3. The van der Waals surface area contributed by atoms with Crippen LogP contribution in [0, 0.1) is 11.7 Å². The maximum atomic E-state index is 14.3. The van der Waals surface area contributed by atoms with Crippen molar-refractivity contribution >= 4 is 11.7 Å². The van der Waals surface area contributed by atoms with E-state index in [1.165, 1.54) is 13.2 Å². The molecule has 0 bridgehead atoms. The van der Waals surface area contributed by atoms with Crippen molar-refractivity contribution in [2.24, 2.45) is 5.92 Å². The zero-order valence-corrected chi connectivity index (χ0v) is 14.6. The van der Waals surface area contributed by atoms with Crippen LogP contribution in [0.4, 0.5) is 19.0 Å². The molecule has 0 radical (unpaired) electrons. The van der Waals surface area contributed by atoms with E-state index in [9.17, 15) is 18.0 Å². The van der Waals surface area contributed by atoms with Crippen molar-refractivity contribution < 1.29 is 22.7 Å². The van der Waals surface area contributed by atoms with Crippen LogP contribution in [0.2, 0.25) is 0 Å². The topological polar surface area (TPSA) is 75.3 Å². The largest absolute Gasteiger partial charge is 0.481 e. The van der Waals surface area contributed by atoms with Gasteiger partial charge in [-0.25, -0.2) is 13.2 Å². The molecule has 1 aromatic heterocycles. The number of carbonyl (C=O) groups is 1. The van der Waals surface area contributed by atoms with Gasteiger partial charge in [-0.15, -0.1) is 0 Å². The molecule has 2 fully saturated rings. The molecule has 1 unspecified atom stereocenters. The fourth-order valence-corrected chi connectivity index (χ4v) is 3.32. The first-order chi connectivity index (χ1) is 12.4. The van der Waals surface area contributed by atoms with E-state index in [0.29, 0.717) is 5.56 Å². The molecule has 3 N–H and O–H groups in total. The number of hydrogen-bond donors (Lipinski definition) is 3. The summed E-state index contributed by atoms with van der Waals surface area (Å²) in [5, 5.41) is 8.60. The minimum Gasteiger partial charge on any atom is -0.481 e. The maximum Gasteiger partial charge on any atom is 0.248 e. The van der Waals surface area contributed by atoms with Crippen LogP contribution in [-0.4, -0.2) is 43.1 Å². The van der Waals surface area contributed by atoms with E-state index < -0.39 is 11.7 Å². The van der Waals surface area contributed by atoms with Crippen LogP contribution in [-0.2, 0) is 11.3 Å². The van der Waals surface area contributed by atoms with Gasteiger partial charge >= 0.3 is 0 Å². The van der Waals surface area contributed by atoms with Crippen molar-refractivity contribution in [3.8, 4) is 5.88 Å². The Balaban J connectivity index is 1.58. The molecule has 2 heterocycles. The van der Waals surface area contributed by atoms with E-state index in [0.717, 1.165) is 19.4 Å². The Morgan fingerprint density at radius 3 is 2.85 bits per heavy atom. The Hall–Kier alpha value is -2.03. The first kappa shape index (κ1) is 18.8. The van der Waals surface area contributed by atoms with Crippen LogP contribution in [0.25, 0.3) is 0 Å². The van der Waals surface area contributed by atoms with Crippen molar-refractivity contribution in [2.45, 2.75) is 44.2 Å². The molecule has 1 aliphatic heterocycles. The Labute approximate surface area is 149 Å². The SMILES string of the molecule is COc1nc(NCC2CC(F)(F)C2)c(F)cc1CNC(=O)C1CCCN1. The number of hydrogen-bond acceptors (Lipinski definition) is 5. The van der Waals surface area contributed by atoms with Gasteiger partial charge in [0.05, 0.1) is 13.2 Å². The highest BCUT2D eigenvalue weighted by atomic mass is 19.3. The van der Waals surface area contributed by atoms with Gasteiger partial charge in [0, 0.05) is 31.5 Å². The van der Waals surface area contributed by atoms with Crippen LogP contribution in [0.3, 0.4) is 0 Å². The van der Waals surface area contributed by atoms with E-state index in [-0.39, 0.29) is 55.5 Å². The first-order valence-electron chi connectivity index (χ1n) is 8.74. The van der Waals surface area contributed by atoms with Gasteiger partial charge in [-0.2, -0.15) is 4.98 Å². The lowest BCUT2D eigenvalue weighted by molar-refractivity contribution is -0.122. The van der Waals surface area contributed by atoms with Crippen LogP contribution in [0.5, 0.6) is 5.88 Å². The minimum absolute atomic E-state index is 0.0374. The average molecular weight is 372 g/mol. The summed E-state index contributed by atoms with van der Waals surface area (Å²) < 4.78 is 45.1. The molecule has 0 aromatic carbocycles. The second kappa shape index (κ2) is 7.69. The van der Waals surface area contributed by atoms with Gasteiger partial charge in [0.25, 0.3) is 0 Å². The van der Waals surface area contributed by atoms with Crippen LogP contribution in [0.15, 0.2) is 6.07 Å². The monoisotopic (exact) mass is 372 g/mol. The number of amides is 1. The van der Waals surface area contributed by atoms with Crippen LogP contribution < -0.4 is 20.7 Å². The molecule has 1 aliphatic carbocycles. The number of nitrogens with zero attached hydrogens (tertiary/aromatic N) is 1. The van der Waals surface area contributed by atoms with Gasteiger partial charge in [0.1, 0.15) is 0 Å². The fourth-order valence-electron chi connectivity index (χ4n) is 3.32. The van der Waals surface area contributed by atoms with E-state index in [1.54, 1.807) is 0 Å². The average Bonchev–Trinajstić information content (AvgIpc) is 3.11. The molecular formula is C17H23F3N4O2. The summed E-state index contributed by atoms with van der Waals surface area (Å²) in [5.41, 5.74) is 0.414. The summed E-state index contributed by atoms with van der Waals surface area (Å²) in [7, 11) is 1.40. The van der Waals surface area contributed by atoms with Gasteiger partial charge in [-0.05, 0) is 31.4 Å². The third-order valence-corrected chi connectivity index (χ3v) is 4.77. The van der Waals surface area contributed by atoms with Crippen molar-refractivity contribution in [3.05, 3.63) is 17.4 Å². The molecule has 26 heavy (non-hydrogen) atoms. The molecular weight excluding hydrogens is 349 g/mol. The van der Waals surface area contributed by atoms with E-state index >= 15 is 0 Å². The standard InChI is InChI=1S/C17H23F3N4O2/c1-26-16-11(9-23-15(25)13-3-2-4-21-13)5-12(18)14(24-16)22-8-10-6-17(19,20)7-10/h5,10,13,21H,2-4,6-9H2,1H3,(H,22,24)(H,23,25). The van der Waals surface area contributed by atoms with E-state index in [1.807, 2.05) is 0 Å². The molecule has 2 aliphatic rings. The van der Waals surface area contributed by atoms with E-state index in [2.05, 4.69) is 20.9 Å². The molecule has 0 spiro atoms. The number of nitrogens with one attached hydrogen (secondary N) is 3. The highest BCUT2D eigenvalue weighted by Crippen LogP contribution is 2.42. The highest BCUT2D eigenvalue weighted by molar-refractivity contribution is 5.82. The molecule has 1 aromatic rings. The normalized spacial score (nSPS) is 21.9. The quantitative estimate of drug-likeness (QED) is 0.683. The van der Waals surface area contributed by atoms with Gasteiger partial charge in [-0.1, -0.05) is 0 Å². The molecule has 9 heteroatoms. The summed E-state index contributed by atoms with van der Waals surface area (Å²) in [5.74, 6) is -3.41. The van der Waals surface area contributed by atoms with E-state index in [4.69, 9.17) is 4.74 Å². The summed E-state index contributed by atoms with van der Waals surface area (Å²) in [6.45, 7) is 1.14. The Bertz CT molecular complexity index is 658. The Kier molecular flexibility index (Phi) is 5.55. The number of ether oxygens (including phenoxy) is 1. The highest BCUT2D eigenvalue weighted by Gasteiger charge is 2.44. The summed E-state index contributed by atoms with van der Waals surface area (Å²) in [4.78, 5) is 16.1. The number of carbonyl (C=O) groups excluding carboxylic acids is 1. The maximum absolute atomic E-state index is 14.3. The van der Waals surface area contributed by atoms with Gasteiger partial charge in [0.15, 0.2) is 11.6 Å². The number of rotatable bonds is 7. The summed E-state index contributed by atoms with van der Waals surface area (Å²) in [6, 6.07) is 1.02. The van der Waals surface area contributed by atoms with Gasteiger partial charge in [-0.3, -0.25) is 4.79 Å². The molecule has 144 valence electrons. The molecule has 1 saturated heterocycles. The lowest BCUT2D eigenvalue weighted by Crippen LogP contribution is -2.40. The summed E-state index contributed by atoms with van der Waals surface area (Å²) in [6.07, 6.45) is 1.33. The van der Waals surface area contributed by atoms with Crippen molar-refractivity contribution in [2.75, 3.05) is 25.5 Å². The molecule has 1 atom stereocenters. The summed E-state index contributed by atoms with van der Waals surface area (Å²) >= 11 is 0. The first-order valence-corrected chi connectivity index (χ1v) is 8.74. The molecule has 3 rings (SSSR count). The Morgan fingerprint density at radius 1 is 1.46 bits per heavy atom. The minimum atomic E-state index is -2.60. The van der Waals surface area contributed by atoms with Crippen LogP contribution >= 0.6 is 0 Å². The molecule has 1 amide bonds. The second-order valence-electron chi connectivity index (χ2n) is 6.87. The van der Waals surface area contributed by atoms with Gasteiger partial charge < -0.3 is 20.7 Å². The molecule has 1 saturated carbocycles. The predicted molar refractivity (Wildman–Crippen MR) is 89.8 cm³/mol. The zero-order valence-electron chi connectivity index (χ0n) is 14.6. The Morgan fingerprint density at radius 2 is 2.23 bits per heavy atom. The number of alkyl halides is 2. The molecule has 6 nitrogen and oxygen atoms in total. The number of aromatic nitrogens is 1. The van der Waals surface area contributed by atoms with Crippen molar-refractivity contribution in [3.63, 3.8) is 0 Å². The predicted octanol–water partition coefficient (Wildman–Crippen LogP) is 2.05. The number of anilines is 1. The number of methoxy groups -OCH3 is 1. The zero-order chi connectivity index (χ0) is 18.7. The second-order valence-corrected chi connectivity index (χ2v) is 6.87. The lowest BCUT2D eigenvalue weighted by atomic mass is 9.81. The van der Waals surface area contributed by atoms with Gasteiger partial charge in [0.2, 0.25) is 17.7 Å². The third kappa shape index (κ3) is 4.38.